The SMILES string of the molecule is CC(C)CCCCC(=O)O[C@H]1O[C@@H](CO)[C@@H](O)[C@@H]2OC[C@@H](C(=O)O)CO[C@@H]12. The highest BCUT2D eigenvalue weighted by molar-refractivity contribution is 5.70. The van der Waals surface area contributed by atoms with Gasteiger partial charge in [0.1, 0.15) is 30.3 Å². The van der Waals surface area contributed by atoms with Crippen LogP contribution in [0.1, 0.15) is 39.5 Å². The number of esters is 1. The molecule has 0 saturated carbocycles. The molecule has 6 atom stereocenters. The van der Waals surface area contributed by atoms with Gasteiger partial charge in [0.2, 0.25) is 6.29 Å². The number of carboxylic acid groups (broad SMARTS) is 1. The zero-order chi connectivity index (χ0) is 20.0. The Morgan fingerprint density at radius 3 is 2.41 bits per heavy atom. The monoisotopic (exact) mass is 390 g/mol. The quantitative estimate of drug-likeness (QED) is 0.396. The van der Waals surface area contributed by atoms with E-state index in [0.717, 1.165) is 12.8 Å². The van der Waals surface area contributed by atoms with Crippen molar-refractivity contribution in [2.75, 3.05) is 19.8 Å². The molecule has 9 heteroatoms. The second-order valence-electron chi connectivity index (χ2n) is 7.48. The van der Waals surface area contributed by atoms with Crippen LogP contribution in [0.25, 0.3) is 0 Å². The summed E-state index contributed by atoms with van der Waals surface area (Å²) in [5, 5.41) is 28.9. The third-order valence-electron chi connectivity index (χ3n) is 4.79. The molecule has 0 aliphatic carbocycles. The fourth-order valence-electron chi connectivity index (χ4n) is 3.16. The molecule has 0 spiro atoms. The Hall–Kier alpha value is -1.26. The van der Waals surface area contributed by atoms with Gasteiger partial charge in [-0.2, -0.15) is 0 Å². The van der Waals surface area contributed by atoms with Gasteiger partial charge < -0.3 is 34.3 Å². The van der Waals surface area contributed by atoms with Gasteiger partial charge in [-0.05, 0) is 12.3 Å². The summed E-state index contributed by atoms with van der Waals surface area (Å²) in [7, 11) is 0. The van der Waals surface area contributed by atoms with Gasteiger partial charge in [-0.15, -0.1) is 0 Å². The molecule has 0 aromatic heterocycles. The first kappa shape index (κ1) is 22.0. The Labute approximate surface area is 158 Å². The Morgan fingerprint density at radius 1 is 1.15 bits per heavy atom. The molecule has 9 nitrogen and oxygen atoms in total. The predicted octanol–water partition coefficient (Wildman–Crippen LogP) is 0.309. The van der Waals surface area contributed by atoms with E-state index in [0.29, 0.717) is 12.3 Å². The lowest BCUT2D eigenvalue weighted by atomic mass is 9.99. The summed E-state index contributed by atoms with van der Waals surface area (Å²) in [6.07, 6.45) is -2.53. The van der Waals surface area contributed by atoms with E-state index in [1.165, 1.54) is 0 Å². The fraction of sp³-hybridized carbons (Fsp3) is 0.889. The molecule has 2 heterocycles. The van der Waals surface area contributed by atoms with Crippen LogP contribution < -0.4 is 0 Å². The maximum atomic E-state index is 12.1. The van der Waals surface area contributed by atoms with Crippen molar-refractivity contribution in [3.8, 4) is 0 Å². The van der Waals surface area contributed by atoms with Crippen LogP contribution in [0.15, 0.2) is 0 Å². The van der Waals surface area contributed by atoms with E-state index in [9.17, 15) is 19.8 Å². The van der Waals surface area contributed by atoms with Crippen molar-refractivity contribution in [1.29, 1.82) is 0 Å². The molecule has 0 radical (unpaired) electrons. The summed E-state index contributed by atoms with van der Waals surface area (Å²) in [4.78, 5) is 23.3. The number of aliphatic hydroxyl groups is 2. The Bertz CT molecular complexity index is 495. The number of hydrogen-bond donors (Lipinski definition) is 3. The number of hydrogen-bond acceptors (Lipinski definition) is 8. The van der Waals surface area contributed by atoms with Gasteiger partial charge in [0.05, 0.1) is 19.8 Å². The molecular weight excluding hydrogens is 360 g/mol. The van der Waals surface area contributed by atoms with E-state index < -0.39 is 55.2 Å². The molecule has 0 aromatic carbocycles. The number of carboxylic acids is 1. The molecule has 3 N–H and O–H groups in total. The Balaban J connectivity index is 1.98. The lowest BCUT2D eigenvalue weighted by Gasteiger charge is -2.42. The molecule has 2 saturated heterocycles. The highest BCUT2D eigenvalue weighted by Crippen LogP contribution is 2.30. The summed E-state index contributed by atoms with van der Waals surface area (Å²) in [5.74, 6) is -1.89. The number of aliphatic carboxylic acids is 1. The third kappa shape index (κ3) is 6.11. The first-order chi connectivity index (χ1) is 12.8. The lowest BCUT2D eigenvalue weighted by Crippen LogP contribution is -2.60. The van der Waals surface area contributed by atoms with Crippen molar-refractivity contribution in [3.05, 3.63) is 0 Å². The minimum Gasteiger partial charge on any atom is -0.481 e. The van der Waals surface area contributed by atoms with E-state index in [-0.39, 0.29) is 19.6 Å². The number of carbonyl (C=O) groups excluding carboxylic acids is 1. The normalized spacial score (nSPS) is 34.0. The molecule has 0 unspecified atom stereocenters. The zero-order valence-corrected chi connectivity index (χ0v) is 15.8. The van der Waals surface area contributed by atoms with Crippen LogP contribution in [0.3, 0.4) is 0 Å². The van der Waals surface area contributed by atoms with Gasteiger partial charge in [-0.25, -0.2) is 0 Å². The van der Waals surface area contributed by atoms with Crippen LogP contribution in [0.4, 0.5) is 0 Å². The Morgan fingerprint density at radius 2 is 1.81 bits per heavy atom. The predicted molar refractivity (Wildman–Crippen MR) is 91.8 cm³/mol. The van der Waals surface area contributed by atoms with Crippen LogP contribution in [-0.2, 0) is 28.5 Å². The fourth-order valence-corrected chi connectivity index (χ4v) is 3.16. The largest absolute Gasteiger partial charge is 0.481 e. The van der Waals surface area contributed by atoms with Gasteiger partial charge in [0.15, 0.2) is 0 Å². The summed E-state index contributed by atoms with van der Waals surface area (Å²) >= 11 is 0. The van der Waals surface area contributed by atoms with Gasteiger partial charge in [0, 0.05) is 6.42 Å². The average molecular weight is 390 g/mol. The third-order valence-corrected chi connectivity index (χ3v) is 4.79. The molecule has 0 bridgehead atoms. The van der Waals surface area contributed by atoms with Crippen LogP contribution in [0.2, 0.25) is 0 Å². The number of carbonyl (C=O) groups is 2. The van der Waals surface area contributed by atoms with E-state index in [1.54, 1.807) is 0 Å². The van der Waals surface area contributed by atoms with Crippen LogP contribution in [0, 0.1) is 11.8 Å². The minimum absolute atomic E-state index is 0.151. The van der Waals surface area contributed by atoms with E-state index in [4.69, 9.17) is 24.1 Å². The number of fused-ring (bicyclic) bond motifs is 1. The molecule has 156 valence electrons. The second kappa shape index (κ2) is 10.3. The molecule has 2 aliphatic heterocycles. The molecule has 2 aliphatic rings. The van der Waals surface area contributed by atoms with Crippen molar-refractivity contribution >= 4 is 11.9 Å². The number of aliphatic hydroxyl groups excluding tert-OH is 2. The number of unbranched alkanes of at least 4 members (excludes halogenated alkanes) is 1. The smallest absolute Gasteiger partial charge is 0.311 e. The zero-order valence-electron chi connectivity index (χ0n) is 15.8. The maximum absolute atomic E-state index is 12.1. The topological polar surface area (TPSA) is 132 Å². The van der Waals surface area contributed by atoms with E-state index in [2.05, 4.69) is 13.8 Å². The summed E-state index contributed by atoms with van der Waals surface area (Å²) in [5.41, 5.74) is 0. The summed E-state index contributed by atoms with van der Waals surface area (Å²) in [6, 6.07) is 0. The van der Waals surface area contributed by atoms with Crippen molar-refractivity contribution in [1.82, 2.24) is 0 Å². The van der Waals surface area contributed by atoms with Crippen molar-refractivity contribution < 1.29 is 43.9 Å². The first-order valence-electron chi connectivity index (χ1n) is 9.43. The summed E-state index contributed by atoms with van der Waals surface area (Å²) in [6.45, 7) is 3.42. The molecule has 0 amide bonds. The van der Waals surface area contributed by atoms with Crippen molar-refractivity contribution in [2.24, 2.45) is 11.8 Å². The molecule has 0 aromatic rings. The lowest BCUT2D eigenvalue weighted by molar-refractivity contribution is -0.301. The number of rotatable bonds is 8. The first-order valence-corrected chi connectivity index (χ1v) is 9.43. The maximum Gasteiger partial charge on any atom is 0.311 e. The highest BCUT2D eigenvalue weighted by atomic mass is 16.7. The van der Waals surface area contributed by atoms with Crippen LogP contribution >= 0.6 is 0 Å². The van der Waals surface area contributed by atoms with Crippen molar-refractivity contribution in [3.63, 3.8) is 0 Å². The molecular formula is C18H30O9. The summed E-state index contributed by atoms with van der Waals surface area (Å²) < 4.78 is 21.9. The van der Waals surface area contributed by atoms with Crippen LogP contribution in [-0.4, -0.2) is 77.8 Å². The standard InChI is InChI=1S/C18H30O9/c1-10(2)5-3-4-6-13(20)27-18-16-15(14(21)12(7-19)26-18)24-8-11(9-25-16)17(22)23/h10-12,14-16,18-19,21H,3-9H2,1-2H3,(H,22,23)/t11-,12+,14-,15+,16-,18-/m1/s1. The highest BCUT2D eigenvalue weighted by Gasteiger charge is 2.50. The van der Waals surface area contributed by atoms with E-state index in [1.807, 2.05) is 0 Å². The van der Waals surface area contributed by atoms with Gasteiger partial charge >= 0.3 is 11.9 Å². The number of ether oxygens (including phenoxy) is 4. The van der Waals surface area contributed by atoms with Crippen molar-refractivity contribution in [2.45, 2.75) is 70.2 Å². The molecule has 27 heavy (non-hydrogen) atoms. The van der Waals surface area contributed by atoms with Crippen LogP contribution in [0.5, 0.6) is 0 Å². The Kier molecular flexibility index (Phi) is 8.43. The minimum atomic E-state index is -1.23. The van der Waals surface area contributed by atoms with Gasteiger partial charge in [-0.3, -0.25) is 9.59 Å². The van der Waals surface area contributed by atoms with Gasteiger partial charge in [0.25, 0.3) is 0 Å². The average Bonchev–Trinajstić information content (AvgIpc) is 2.84. The molecule has 2 fully saturated rings. The molecule has 2 rings (SSSR count). The second-order valence-corrected chi connectivity index (χ2v) is 7.48. The van der Waals surface area contributed by atoms with Gasteiger partial charge in [-0.1, -0.05) is 26.7 Å². The van der Waals surface area contributed by atoms with E-state index >= 15 is 0 Å².